The molecule has 2 aromatic rings. The van der Waals surface area contributed by atoms with E-state index in [9.17, 15) is 21.6 Å². The van der Waals surface area contributed by atoms with Gasteiger partial charge in [0, 0.05) is 5.56 Å². The van der Waals surface area contributed by atoms with Crippen LogP contribution in [0.4, 0.5) is 13.2 Å². The smallest absolute Gasteiger partial charge is 0.416 e. The molecule has 0 spiro atoms. The predicted molar refractivity (Wildman–Crippen MR) is 91.2 cm³/mol. The van der Waals surface area contributed by atoms with E-state index in [4.69, 9.17) is 4.74 Å². The van der Waals surface area contributed by atoms with Crippen molar-refractivity contribution in [3.8, 4) is 17.6 Å². The highest BCUT2D eigenvalue weighted by Crippen LogP contribution is 2.29. The van der Waals surface area contributed by atoms with Gasteiger partial charge in [-0.15, -0.1) is 0 Å². The van der Waals surface area contributed by atoms with E-state index >= 15 is 0 Å². The summed E-state index contributed by atoms with van der Waals surface area (Å²) in [5.74, 6) is 5.59. The number of aryl methyl sites for hydroxylation is 1. The first-order valence-electron chi connectivity index (χ1n) is 7.44. The van der Waals surface area contributed by atoms with Crippen molar-refractivity contribution < 1.29 is 26.3 Å². The Hall–Kier alpha value is -2.50. The average Bonchev–Trinajstić information content (AvgIpc) is 2.58. The van der Waals surface area contributed by atoms with Crippen LogP contribution in [0.3, 0.4) is 0 Å². The maximum atomic E-state index is 12.6. The topological polar surface area (TPSA) is 55.4 Å². The Morgan fingerprint density at radius 1 is 1.15 bits per heavy atom. The fourth-order valence-corrected chi connectivity index (χ4v) is 3.16. The minimum Gasteiger partial charge on any atom is -0.496 e. The molecule has 0 saturated carbocycles. The number of sulfonamides is 1. The third-order valence-corrected chi connectivity index (χ3v) is 4.85. The maximum Gasteiger partial charge on any atom is 0.416 e. The zero-order chi connectivity index (χ0) is 19.4. The average molecular weight is 383 g/mol. The minimum atomic E-state index is -4.45. The van der Waals surface area contributed by atoms with Gasteiger partial charge in [-0.25, -0.2) is 8.42 Å². The van der Waals surface area contributed by atoms with Crippen LogP contribution in [-0.2, 0) is 16.2 Å². The quantitative estimate of drug-likeness (QED) is 0.824. The Morgan fingerprint density at radius 3 is 2.50 bits per heavy atom. The zero-order valence-corrected chi connectivity index (χ0v) is 14.8. The largest absolute Gasteiger partial charge is 0.496 e. The second-order valence-corrected chi connectivity index (χ2v) is 7.10. The number of benzene rings is 2. The van der Waals surface area contributed by atoms with Gasteiger partial charge in [-0.2, -0.15) is 17.9 Å². The van der Waals surface area contributed by atoms with Crippen molar-refractivity contribution in [1.29, 1.82) is 0 Å². The van der Waals surface area contributed by atoms with E-state index in [0.29, 0.717) is 11.3 Å². The molecule has 8 heteroatoms. The summed E-state index contributed by atoms with van der Waals surface area (Å²) in [4.78, 5) is 0.0525. The Labute approximate surface area is 150 Å². The number of hydrogen-bond donors (Lipinski definition) is 1. The first-order valence-corrected chi connectivity index (χ1v) is 8.92. The molecule has 1 N–H and O–H groups in total. The Morgan fingerprint density at radius 2 is 1.88 bits per heavy atom. The summed E-state index contributed by atoms with van der Waals surface area (Å²) in [5, 5.41) is 0. The second kappa shape index (κ2) is 7.81. The molecule has 26 heavy (non-hydrogen) atoms. The summed E-state index contributed by atoms with van der Waals surface area (Å²) >= 11 is 0. The predicted octanol–water partition coefficient (Wildman–Crippen LogP) is 3.35. The molecule has 0 saturated heterocycles. The van der Waals surface area contributed by atoms with Crippen molar-refractivity contribution in [2.24, 2.45) is 0 Å². The summed E-state index contributed by atoms with van der Waals surface area (Å²) in [6.07, 6.45) is -4.45. The molecule has 0 aliphatic rings. The van der Waals surface area contributed by atoms with Crippen LogP contribution < -0.4 is 9.46 Å². The third-order valence-electron chi connectivity index (χ3n) is 3.45. The fourth-order valence-electron chi connectivity index (χ4n) is 2.15. The number of nitrogens with one attached hydrogen (secondary N) is 1. The van der Waals surface area contributed by atoms with Crippen molar-refractivity contribution in [3.05, 3.63) is 59.2 Å². The van der Waals surface area contributed by atoms with Crippen LogP contribution in [0.2, 0.25) is 0 Å². The van der Waals surface area contributed by atoms with Gasteiger partial charge in [0.2, 0.25) is 10.0 Å². The molecule has 0 amide bonds. The van der Waals surface area contributed by atoms with Crippen molar-refractivity contribution in [2.45, 2.75) is 18.0 Å². The molecule has 0 unspecified atom stereocenters. The molecule has 2 aromatic carbocycles. The highest BCUT2D eigenvalue weighted by atomic mass is 32.2. The summed E-state index contributed by atoms with van der Waals surface area (Å²) in [6.45, 7) is 1.48. The monoisotopic (exact) mass is 383 g/mol. The van der Waals surface area contributed by atoms with Gasteiger partial charge in [0.1, 0.15) is 5.75 Å². The molecule has 0 fully saturated rings. The van der Waals surface area contributed by atoms with Gasteiger partial charge in [0.15, 0.2) is 0 Å². The van der Waals surface area contributed by atoms with Gasteiger partial charge in [0.05, 0.1) is 24.1 Å². The lowest BCUT2D eigenvalue weighted by atomic mass is 10.1. The number of hydrogen-bond acceptors (Lipinski definition) is 3. The van der Waals surface area contributed by atoms with Crippen LogP contribution in [0, 0.1) is 18.8 Å². The lowest BCUT2D eigenvalue weighted by Gasteiger charge is -2.08. The molecule has 138 valence electrons. The Bertz CT molecular complexity index is 958. The van der Waals surface area contributed by atoms with Crippen LogP contribution in [0.15, 0.2) is 47.4 Å². The van der Waals surface area contributed by atoms with Gasteiger partial charge in [-0.05, 0) is 48.9 Å². The second-order valence-electron chi connectivity index (χ2n) is 5.34. The molecule has 0 heterocycles. The van der Waals surface area contributed by atoms with Crippen molar-refractivity contribution in [2.75, 3.05) is 13.7 Å². The molecule has 2 rings (SSSR count). The van der Waals surface area contributed by atoms with Crippen LogP contribution in [-0.4, -0.2) is 22.1 Å². The van der Waals surface area contributed by atoms with E-state index in [2.05, 4.69) is 16.6 Å². The molecular formula is C18H16F3NO3S. The van der Waals surface area contributed by atoms with Crippen molar-refractivity contribution >= 4 is 10.0 Å². The van der Waals surface area contributed by atoms with E-state index in [1.807, 2.05) is 0 Å². The Kier molecular flexibility index (Phi) is 5.95. The molecule has 0 aliphatic heterocycles. The van der Waals surface area contributed by atoms with Crippen molar-refractivity contribution in [1.82, 2.24) is 4.72 Å². The molecule has 0 bridgehead atoms. The molecular weight excluding hydrogens is 367 g/mol. The lowest BCUT2D eigenvalue weighted by Crippen LogP contribution is -2.24. The summed E-state index contributed by atoms with van der Waals surface area (Å²) in [5.41, 5.74) is 0.00308. The SMILES string of the molecule is COc1ccc(S(=O)(=O)NCC#Cc2cccc(C(F)(F)F)c2)cc1C. The summed E-state index contributed by atoms with van der Waals surface area (Å²) in [7, 11) is -2.30. The van der Waals surface area contributed by atoms with Crippen LogP contribution in [0.1, 0.15) is 16.7 Å². The van der Waals surface area contributed by atoms with E-state index in [1.54, 1.807) is 6.92 Å². The summed E-state index contributed by atoms with van der Waals surface area (Å²) in [6, 6.07) is 8.92. The molecule has 0 aliphatic carbocycles. The number of halogens is 3. The van der Waals surface area contributed by atoms with Gasteiger partial charge in [-0.1, -0.05) is 17.9 Å². The number of rotatable bonds is 4. The van der Waals surface area contributed by atoms with Gasteiger partial charge >= 0.3 is 6.18 Å². The Balaban J connectivity index is 2.08. The molecule has 4 nitrogen and oxygen atoms in total. The van der Waals surface area contributed by atoms with Gasteiger partial charge in [-0.3, -0.25) is 0 Å². The molecule has 0 aromatic heterocycles. The molecule has 0 atom stereocenters. The third kappa shape index (κ3) is 5.00. The standard InChI is InChI=1S/C18H16F3NO3S/c1-13-11-16(8-9-17(13)25-2)26(23,24)22-10-4-6-14-5-3-7-15(12-14)18(19,20)21/h3,5,7-9,11-12,22H,10H2,1-2H3. The number of methoxy groups -OCH3 is 1. The van der Waals surface area contributed by atoms with E-state index in [-0.39, 0.29) is 17.0 Å². The lowest BCUT2D eigenvalue weighted by molar-refractivity contribution is -0.137. The summed E-state index contributed by atoms with van der Waals surface area (Å²) < 4.78 is 69.7. The first-order chi connectivity index (χ1) is 12.1. The van der Waals surface area contributed by atoms with E-state index in [1.165, 1.54) is 37.4 Å². The van der Waals surface area contributed by atoms with E-state index < -0.39 is 21.8 Å². The highest BCUT2D eigenvalue weighted by Gasteiger charge is 2.30. The van der Waals surface area contributed by atoms with Crippen LogP contribution in [0.25, 0.3) is 0 Å². The first kappa shape index (κ1) is 19.8. The molecule has 0 radical (unpaired) electrons. The number of ether oxygens (including phenoxy) is 1. The normalized spacial score (nSPS) is 11.6. The van der Waals surface area contributed by atoms with Gasteiger partial charge < -0.3 is 4.74 Å². The van der Waals surface area contributed by atoms with Crippen molar-refractivity contribution in [3.63, 3.8) is 0 Å². The fraction of sp³-hybridized carbons (Fsp3) is 0.222. The number of alkyl halides is 3. The highest BCUT2D eigenvalue weighted by molar-refractivity contribution is 7.89. The maximum absolute atomic E-state index is 12.6. The van der Waals surface area contributed by atoms with Crippen LogP contribution >= 0.6 is 0 Å². The minimum absolute atomic E-state index is 0.0525. The van der Waals surface area contributed by atoms with Gasteiger partial charge in [0.25, 0.3) is 0 Å². The van der Waals surface area contributed by atoms with E-state index in [0.717, 1.165) is 12.1 Å². The zero-order valence-electron chi connectivity index (χ0n) is 14.0. The van der Waals surface area contributed by atoms with Crippen LogP contribution in [0.5, 0.6) is 5.75 Å².